The molecule has 0 aliphatic carbocycles. The molecule has 1 heterocycles. The number of nitrogens with two attached hydrogens (primary N) is 2. The Balaban J connectivity index is 1.92. The number of rotatable bonds is 8. The molecule has 0 saturated carbocycles. The van der Waals surface area contributed by atoms with Crippen molar-refractivity contribution in [3.63, 3.8) is 0 Å². The topological polar surface area (TPSA) is 138 Å². The van der Waals surface area contributed by atoms with Gasteiger partial charge in [-0.05, 0) is 0 Å². The fourth-order valence-corrected chi connectivity index (χ4v) is 3.07. The third-order valence-corrected chi connectivity index (χ3v) is 4.73. The molecule has 171 valence electrons. The van der Waals surface area contributed by atoms with Crippen molar-refractivity contribution in [3.8, 4) is 0 Å². The molecule has 5 N–H and O–H groups in total. The van der Waals surface area contributed by atoms with Crippen LogP contribution in [0.2, 0.25) is 0 Å². The Bertz CT molecular complexity index is 1310. The number of aliphatic imine (C=N–C) groups is 5. The second-order valence-corrected chi connectivity index (χ2v) is 6.99. The van der Waals surface area contributed by atoms with Gasteiger partial charge in [-0.2, -0.15) is 0 Å². The molecule has 0 unspecified atom stereocenters. The molecular formula is C25H22CoN8. The Morgan fingerprint density at radius 1 is 1.03 bits per heavy atom. The van der Waals surface area contributed by atoms with Gasteiger partial charge in [0, 0.05) is 11.1 Å². The van der Waals surface area contributed by atoms with E-state index in [0.29, 0.717) is 17.2 Å². The van der Waals surface area contributed by atoms with Crippen molar-refractivity contribution in [1.29, 1.82) is 5.41 Å². The van der Waals surface area contributed by atoms with Crippen LogP contribution in [0.4, 0.5) is 0 Å². The van der Waals surface area contributed by atoms with Gasteiger partial charge in [0.1, 0.15) is 18.5 Å². The van der Waals surface area contributed by atoms with Crippen molar-refractivity contribution < 1.29 is 15.3 Å². The van der Waals surface area contributed by atoms with Crippen molar-refractivity contribution in [2.45, 2.75) is 0 Å². The molecule has 2 aromatic carbocycles. The molecule has 0 bridgehead atoms. The zero-order valence-corrected chi connectivity index (χ0v) is 19.1. The van der Waals surface area contributed by atoms with Crippen LogP contribution in [0.5, 0.6) is 0 Å². The van der Waals surface area contributed by atoms with Crippen LogP contribution in [-0.4, -0.2) is 41.4 Å². The maximum absolute atomic E-state index is 6.93. The van der Waals surface area contributed by atoms with E-state index in [1.807, 2.05) is 54.6 Å². The van der Waals surface area contributed by atoms with Crippen molar-refractivity contribution >= 4 is 41.4 Å². The van der Waals surface area contributed by atoms with E-state index < -0.39 is 0 Å². The summed E-state index contributed by atoms with van der Waals surface area (Å²) in [4.78, 5) is 23.0. The number of nitrogens with one attached hydrogen (secondary N) is 1. The number of hydrogen-bond donors (Lipinski definition) is 3. The number of benzene rings is 2. The zero-order chi connectivity index (χ0) is 24.2. The van der Waals surface area contributed by atoms with Gasteiger partial charge < -0.3 is 5.73 Å². The van der Waals surface area contributed by atoms with E-state index in [2.05, 4.69) is 40.3 Å². The third kappa shape index (κ3) is 6.34. The molecule has 0 radical (unpaired) electrons. The molecule has 34 heavy (non-hydrogen) atoms. The van der Waals surface area contributed by atoms with Crippen LogP contribution in [-0.2, 0) is 15.3 Å². The molecule has 8 nitrogen and oxygen atoms in total. The number of fused-ring (bicyclic) bond motifs is 1. The van der Waals surface area contributed by atoms with Gasteiger partial charge in [-0.15, -0.1) is 0 Å². The number of hydrogen-bond acceptors (Lipinski definition) is 4. The first-order valence-electron chi connectivity index (χ1n) is 10.1. The maximum atomic E-state index is 6.93. The van der Waals surface area contributed by atoms with E-state index in [0.717, 1.165) is 28.6 Å². The van der Waals surface area contributed by atoms with Gasteiger partial charge in [-0.3, -0.25) is 5.41 Å². The second kappa shape index (κ2) is 12.6. The van der Waals surface area contributed by atoms with Crippen LogP contribution in [0, 0.1) is 5.41 Å². The van der Waals surface area contributed by atoms with Gasteiger partial charge in [0.05, 0.1) is 0 Å². The van der Waals surface area contributed by atoms with Crippen molar-refractivity contribution in [3.05, 3.63) is 107 Å². The van der Waals surface area contributed by atoms with Crippen LogP contribution in [0.25, 0.3) is 0 Å². The van der Waals surface area contributed by atoms with Crippen LogP contribution in [0.3, 0.4) is 0 Å². The molecule has 3 rings (SSSR count). The van der Waals surface area contributed by atoms with Gasteiger partial charge in [-0.1, -0.05) is 24.3 Å². The van der Waals surface area contributed by atoms with Crippen molar-refractivity contribution in [2.24, 2.45) is 36.4 Å². The molecule has 0 amide bonds. The average Bonchev–Trinajstić information content (AvgIpc) is 3.22. The number of nitrogens with zero attached hydrogens (tertiary/aromatic N) is 5. The molecule has 0 atom stereocenters. The standard InChI is InChI=1S/C25H22N8.Co/c1-2-7-18(14-26)12-13-30-24-21-10-5-6-11-22(21)25(33-24)31-15-19-8-3-4-9-20(19)23(28)32-17-29-16-27;/h1-17H,26H2,(H3,27,28,29,32);/b7-2-,13-12?,18-14+,30-24?,31-15?;. The summed E-state index contributed by atoms with van der Waals surface area (Å²) in [5.74, 6) is 1.36. The van der Waals surface area contributed by atoms with Crippen molar-refractivity contribution in [2.75, 3.05) is 0 Å². The number of amidine groups is 3. The minimum absolute atomic E-state index is 0.266. The Hall–Kier alpha value is -4.34. The summed E-state index contributed by atoms with van der Waals surface area (Å²) in [5, 5.41) is 6.93. The second-order valence-electron chi connectivity index (χ2n) is 6.64. The summed E-state index contributed by atoms with van der Waals surface area (Å²) in [6.07, 6.45) is 12.3. The zero-order valence-electron chi connectivity index (χ0n) is 18.0. The summed E-state index contributed by atoms with van der Waals surface area (Å²) in [7, 11) is 0. The molecule has 0 aromatic heterocycles. The molecule has 1 aliphatic heterocycles. The fourth-order valence-electron chi connectivity index (χ4n) is 2.97. The van der Waals surface area contributed by atoms with Crippen LogP contribution >= 0.6 is 0 Å². The molecule has 0 spiro atoms. The van der Waals surface area contributed by atoms with Gasteiger partial charge in [0.2, 0.25) is 0 Å². The Morgan fingerprint density at radius 3 is 2.56 bits per heavy atom. The van der Waals surface area contributed by atoms with Gasteiger partial charge in [-0.25, -0.2) is 9.98 Å². The first-order chi connectivity index (χ1) is 16.7. The fraction of sp³-hybridized carbons (Fsp3) is 0. The monoisotopic (exact) mass is 493 g/mol. The SMILES string of the molecule is N=CN=CN=C(N)c1ccccc1C=NC1=NC(=NC=CC(/C=C\[CH]=[Co])=C/N)c2ccccc21. The van der Waals surface area contributed by atoms with E-state index in [4.69, 9.17) is 16.9 Å². The van der Waals surface area contributed by atoms with Crippen LogP contribution in [0.1, 0.15) is 22.3 Å². The summed E-state index contributed by atoms with van der Waals surface area (Å²) in [6, 6.07) is 15.2. The van der Waals surface area contributed by atoms with Gasteiger partial charge in [0.15, 0.2) is 0 Å². The summed E-state index contributed by atoms with van der Waals surface area (Å²) < 4.78 is 0. The Kier molecular flexibility index (Phi) is 9.03. The van der Waals surface area contributed by atoms with Crippen LogP contribution < -0.4 is 11.5 Å². The van der Waals surface area contributed by atoms with Crippen molar-refractivity contribution in [1.82, 2.24) is 0 Å². The normalized spacial score (nSPS) is 15.7. The predicted octanol–water partition coefficient (Wildman–Crippen LogP) is 2.91. The van der Waals surface area contributed by atoms with E-state index in [9.17, 15) is 0 Å². The molecule has 9 heteroatoms. The Labute approximate surface area is 205 Å². The quantitative estimate of drug-likeness (QED) is 0.296. The van der Waals surface area contributed by atoms with E-state index in [1.165, 1.54) is 12.5 Å². The van der Waals surface area contributed by atoms with Gasteiger partial charge in [0.25, 0.3) is 0 Å². The van der Waals surface area contributed by atoms with E-state index in [1.54, 1.807) is 29.5 Å². The molecule has 1 aliphatic rings. The number of allylic oxidation sites excluding steroid dienone is 4. The van der Waals surface area contributed by atoms with Gasteiger partial charge >= 0.3 is 130 Å². The van der Waals surface area contributed by atoms with E-state index >= 15 is 0 Å². The predicted molar refractivity (Wildman–Crippen MR) is 138 cm³/mol. The molecular weight excluding hydrogens is 471 g/mol. The molecule has 0 fully saturated rings. The summed E-state index contributed by atoms with van der Waals surface area (Å²) >= 11 is 4.08. The summed E-state index contributed by atoms with van der Waals surface area (Å²) in [5.41, 5.74) is 15.7. The third-order valence-electron chi connectivity index (χ3n) is 4.53. The molecule has 0 saturated heterocycles. The first-order valence-corrected chi connectivity index (χ1v) is 10.7. The van der Waals surface area contributed by atoms with Crippen LogP contribution in [0.15, 0.2) is 110 Å². The Morgan fingerprint density at radius 2 is 1.79 bits per heavy atom. The average molecular weight is 493 g/mol. The van der Waals surface area contributed by atoms with E-state index in [-0.39, 0.29) is 5.84 Å². The minimum atomic E-state index is 0.266. The first kappa shape index (κ1) is 24.3. The summed E-state index contributed by atoms with van der Waals surface area (Å²) in [6.45, 7) is 0. The molecule has 2 aromatic rings.